The van der Waals surface area contributed by atoms with Gasteiger partial charge in [-0.05, 0) is 50.5 Å². The number of piperidine rings is 1. The van der Waals surface area contributed by atoms with E-state index in [4.69, 9.17) is 14.2 Å². The number of hydrogen-bond donors (Lipinski definition) is 1. The summed E-state index contributed by atoms with van der Waals surface area (Å²) in [4.78, 5) is 37.5. The summed E-state index contributed by atoms with van der Waals surface area (Å²) in [6, 6.07) is 5.37. The zero-order chi connectivity index (χ0) is 28.6. The molecule has 4 heterocycles. The van der Waals surface area contributed by atoms with Crippen molar-refractivity contribution >= 4 is 40.0 Å². The lowest BCUT2D eigenvalue weighted by Crippen LogP contribution is -2.38. The lowest BCUT2D eigenvalue weighted by molar-refractivity contribution is 0.0708. The van der Waals surface area contributed by atoms with Gasteiger partial charge in [0.2, 0.25) is 5.75 Å². The summed E-state index contributed by atoms with van der Waals surface area (Å²) in [5, 5.41) is 10.9. The molecule has 1 aromatic carbocycles. The lowest BCUT2D eigenvalue weighted by atomic mass is 9.97. The van der Waals surface area contributed by atoms with Crippen LogP contribution in [0.15, 0.2) is 23.6 Å². The fourth-order valence-corrected chi connectivity index (χ4v) is 6.17. The van der Waals surface area contributed by atoms with Crippen LogP contribution < -0.4 is 19.5 Å². The maximum absolute atomic E-state index is 13.4. The summed E-state index contributed by atoms with van der Waals surface area (Å²) < 4.78 is 17.9. The molecule has 0 radical (unpaired) electrons. The molecule has 1 fully saturated rings. The molecule has 5 rings (SSSR count). The second-order valence-corrected chi connectivity index (χ2v) is 10.6. The van der Waals surface area contributed by atoms with Gasteiger partial charge in [-0.15, -0.1) is 11.3 Å². The Morgan fingerprint density at radius 2 is 1.75 bits per heavy atom. The molecule has 0 saturated carbocycles. The fraction of sp³-hybridized carbons (Fsp3) is 0.393. The molecule has 1 N–H and O–H groups in total. The van der Waals surface area contributed by atoms with Crippen LogP contribution in [0.5, 0.6) is 17.2 Å². The number of benzene rings is 1. The standard InChI is InChI=1S/C28H32N6O5S/c1-15-13-16(2)29-25-21(15)24(32-33(25)3)31-26(35)19-14-40-27(30-19)17-9-11-34(12-10-17)28(36)18-7-8-20(37-4)23(39-6)22(18)38-5/h7-8,13-14,17H,9-12H2,1-6H3,(H,31,32,35). The smallest absolute Gasteiger partial charge is 0.276 e. The average molecular weight is 565 g/mol. The molecular formula is C28H32N6O5S. The third kappa shape index (κ3) is 4.94. The average Bonchev–Trinajstić information content (AvgIpc) is 3.57. The first-order chi connectivity index (χ1) is 19.2. The van der Waals surface area contributed by atoms with Crippen molar-refractivity contribution < 1.29 is 23.8 Å². The van der Waals surface area contributed by atoms with E-state index in [1.807, 2.05) is 31.9 Å². The van der Waals surface area contributed by atoms with E-state index in [2.05, 4.69) is 20.4 Å². The van der Waals surface area contributed by atoms with Crippen molar-refractivity contribution in [1.82, 2.24) is 24.6 Å². The number of pyridine rings is 1. The Morgan fingerprint density at radius 1 is 1.02 bits per heavy atom. The molecule has 1 aliphatic heterocycles. The van der Waals surface area contributed by atoms with E-state index in [1.165, 1.54) is 32.7 Å². The van der Waals surface area contributed by atoms with Gasteiger partial charge in [0.25, 0.3) is 11.8 Å². The van der Waals surface area contributed by atoms with Crippen molar-refractivity contribution in [2.45, 2.75) is 32.6 Å². The maximum atomic E-state index is 13.4. The van der Waals surface area contributed by atoms with Crippen LogP contribution >= 0.6 is 11.3 Å². The Balaban J connectivity index is 1.26. The van der Waals surface area contributed by atoms with Crippen LogP contribution in [0.3, 0.4) is 0 Å². The van der Waals surface area contributed by atoms with Crippen LogP contribution in [0.4, 0.5) is 5.82 Å². The second kappa shape index (κ2) is 11.1. The van der Waals surface area contributed by atoms with Crippen molar-refractivity contribution in [3.05, 3.63) is 51.1 Å². The highest BCUT2D eigenvalue weighted by Crippen LogP contribution is 2.41. The molecule has 11 nitrogen and oxygen atoms in total. The Kier molecular flexibility index (Phi) is 7.61. The minimum Gasteiger partial charge on any atom is -0.493 e. The van der Waals surface area contributed by atoms with Gasteiger partial charge in [-0.2, -0.15) is 5.10 Å². The zero-order valence-electron chi connectivity index (χ0n) is 23.4. The number of aromatic nitrogens is 4. The molecule has 0 bridgehead atoms. The normalized spacial score (nSPS) is 13.9. The third-order valence-corrected chi connectivity index (χ3v) is 8.18. The van der Waals surface area contributed by atoms with Crippen LogP contribution in [0, 0.1) is 13.8 Å². The first-order valence-corrected chi connectivity index (χ1v) is 13.8. The van der Waals surface area contributed by atoms with Crippen LogP contribution in [0.1, 0.15) is 55.9 Å². The number of nitrogens with zero attached hydrogens (tertiary/aromatic N) is 5. The highest BCUT2D eigenvalue weighted by molar-refractivity contribution is 7.10. The van der Waals surface area contributed by atoms with Gasteiger partial charge in [0.1, 0.15) is 5.69 Å². The molecule has 12 heteroatoms. The van der Waals surface area contributed by atoms with E-state index < -0.39 is 0 Å². The summed E-state index contributed by atoms with van der Waals surface area (Å²) in [5.74, 6) is 1.43. The van der Waals surface area contributed by atoms with E-state index >= 15 is 0 Å². The summed E-state index contributed by atoms with van der Waals surface area (Å²) in [6.45, 7) is 5.04. The summed E-state index contributed by atoms with van der Waals surface area (Å²) in [6.07, 6.45) is 1.48. The number of fused-ring (bicyclic) bond motifs is 1. The number of nitrogens with one attached hydrogen (secondary N) is 1. The van der Waals surface area contributed by atoms with E-state index in [0.29, 0.717) is 47.4 Å². The van der Waals surface area contributed by atoms with Crippen LogP contribution in [-0.2, 0) is 7.05 Å². The van der Waals surface area contributed by atoms with Gasteiger partial charge in [0.15, 0.2) is 23.0 Å². The largest absolute Gasteiger partial charge is 0.493 e. The minimum absolute atomic E-state index is 0.127. The zero-order valence-corrected chi connectivity index (χ0v) is 24.2. The highest BCUT2D eigenvalue weighted by atomic mass is 32.1. The SMILES string of the molecule is COc1ccc(C(=O)N2CCC(c3nc(C(=O)Nc4nn(C)c5nc(C)cc(C)c45)cs3)CC2)c(OC)c1OC. The Labute approximate surface area is 236 Å². The number of rotatable bonds is 7. The van der Waals surface area contributed by atoms with Crippen LogP contribution in [0.2, 0.25) is 0 Å². The van der Waals surface area contributed by atoms with Gasteiger partial charge in [0.05, 0.1) is 37.3 Å². The molecule has 4 aromatic rings. The van der Waals surface area contributed by atoms with Crippen LogP contribution in [-0.4, -0.2) is 70.9 Å². The number of anilines is 1. The quantitative estimate of drug-likeness (QED) is 0.352. The molecule has 1 saturated heterocycles. The monoisotopic (exact) mass is 564 g/mol. The molecule has 0 unspecified atom stereocenters. The van der Waals surface area contributed by atoms with Crippen LogP contribution in [0.25, 0.3) is 11.0 Å². The number of aryl methyl sites for hydroxylation is 3. The van der Waals surface area contributed by atoms with E-state index in [1.54, 1.807) is 22.2 Å². The molecule has 3 aromatic heterocycles. The molecule has 2 amide bonds. The molecule has 0 spiro atoms. The Bertz CT molecular complexity index is 1590. The first-order valence-electron chi connectivity index (χ1n) is 12.9. The molecule has 0 aliphatic carbocycles. The van der Waals surface area contributed by atoms with Crippen molar-refractivity contribution in [3.63, 3.8) is 0 Å². The Hall–Kier alpha value is -4.19. The molecule has 1 aliphatic rings. The van der Waals surface area contributed by atoms with Crippen molar-refractivity contribution in [1.29, 1.82) is 0 Å². The predicted octanol–water partition coefficient (Wildman–Crippen LogP) is 4.34. The number of methoxy groups -OCH3 is 3. The number of likely N-dealkylation sites (tertiary alicyclic amines) is 1. The fourth-order valence-electron chi connectivity index (χ4n) is 5.20. The molecule has 210 valence electrons. The summed E-state index contributed by atoms with van der Waals surface area (Å²) >= 11 is 1.47. The number of hydrogen-bond acceptors (Lipinski definition) is 9. The van der Waals surface area contributed by atoms with Gasteiger partial charge >= 0.3 is 0 Å². The van der Waals surface area contributed by atoms with Gasteiger partial charge in [0, 0.05) is 37.1 Å². The van der Waals surface area contributed by atoms with Gasteiger partial charge in [-0.1, -0.05) is 0 Å². The number of amides is 2. The lowest BCUT2D eigenvalue weighted by Gasteiger charge is -2.31. The minimum atomic E-state index is -0.310. The van der Waals surface area contributed by atoms with E-state index in [0.717, 1.165) is 40.1 Å². The summed E-state index contributed by atoms with van der Waals surface area (Å²) in [7, 11) is 6.37. The van der Waals surface area contributed by atoms with E-state index in [-0.39, 0.29) is 17.7 Å². The number of thiazole rings is 1. The number of ether oxygens (including phenoxy) is 3. The van der Waals surface area contributed by atoms with Gasteiger partial charge < -0.3 is 24.4 Å². The van der Waals surface area contributed by atoms with Crippen molar-refractivity contribution in [3.8, 4) is 17.2 Å². The van der Waals surface area contributed by atoms with Crippen molar-refractivity contribution in [2.24, 2.45) is 7.05 Å². The Morgan fingerprint density at radius 3 is 2.42 bits per heavy atom. The number of carbonyl (C=O) groups is 2. The second-order valence-electron chi connectivity index (χ2n) is 9.72. The highest BCUT2D eigenvalue weighted by Gasteiger charge is 2.30. The topological polar surface area (TPSA) is 121 Å². The van der Waals surface area contributed by atoms with Gasteiger partial charge in [-0.25, -0.2) is 14.6 Å². The van der Waals surface area contributed by atoms with E-state index in [9.17, 15) is 9.59 Å². The molecule has 0 atom stereocenters. The third-order valence-electron chi connectivity index (χ3n) is 7.17. The molecular weight excluding hydrogens is 532 g/mol. The molecule has 40 heavy (non-hydrogen) atoms. The van der Waals surface area contributed by atoms with Crippen molar-refractivity contribution in [2.75, 3.05) is 39.7 Å². The first kappa shape index (κ1) is 27.4. The summed E-state index contributed by atoms with van der Waals surface area (Å²) in [5.41, 5.74) is 3.39. The maximum Gasteiger partial charge on any atom is 0.276 e. The predicted molar refractivity (Wildman–Crippen MR) is 152 cm³/mol. The van der Waals surface area contributed by atoms with Gasteiger partial charge in [-0.3, -0.25) is 9.59 Å². The number of carbonyl (C=O) groups excluding carboxylic acids is 2.